The average molecular weight is 420 g/mol. The Hall–Kier alpha value is -3.01. The number of halogens is 1. The lowest BCUT2D eigenvalue weighted by atomic mass is 10.0. The molecular formula is C20H21FN2O7. The van der Waals surface area contributed by atoms with Crippen molar-refractivity contribution in [1.29, 1.82) is 0 Å². The maximum absolute atomic E-state index is 13.5. The second kappa shape index (κ2) is 8.39. The molecule has 0 N–H and O–H groups in total. The third-order valence-electron chi connectivity index (χ3n) is 5.51. The molecule has 3 aliphatic rings. The predicted molar refractivity (Wildman–Crippen MR) is 97.4 cm³/mol. The highest BCUT2D eigenvalue weighted by molar-refractivity contribution is 6.05. The second-order valence-electron chi connectivity index (χ2n) is 7.40. The van der Waals surface area contributed by atoms with E-state index in [1.54, 1.807) is 0 Å². The summed E-state index contributed by atoms with van der Waals surface area (Å²) in [6.07, 6.45) is -0.0160. The van der Waals surface area contributed by atoms with Gasteiger partial charge in [0, 0.05) is 31.4 Å². The lowest BCUT2D eigenvalue weighted by Crippen LogP contribution is -2.55. The third-order valence-corrected chi connectivity index (χ3v) is 5.51. The number of fused-ring (bicyclic) bond motifs is 1. The lowest BCUT2D eigenvalue weighted by Gasteiger charge is -2.35. The molecular weight excluding hydrogens is 399 g/mol. The van der Waals surface area contributed by atoms with Gasteiger partial charge in [-0.2, -0.15) is 0 Å². The summed E-state index contributed by atoms with van der Waals surface area (Å²) < 4.78 is 28.8. The summed E-state index contributed by atoms with van der Waals surface area (Å²) >= 11 is 0. The smallest absolute Gasteiger partial charge is 0.431 e. The van der Waals surface area contributed by atoms with Gasteiger partial charge in [-0.15, -0.1) is 0 Å². The van der Waals surface area contributed by atoms with Gasteiger partial charge < -0.3 is 19.1 Å². The molecule has 3 amide bonds. The second-order valence-corrected chi connectivity index (χ2v) is 7.40. The maximum atomic E-state index is 13.5. The lowest BCUT2D eigenvalue weighted by molar-refractivity contribution is -0.157. The van der Waals surface area contributed by atoms with Crippen molar-refractivity contribution in [3.8, 4) is 0 Å². The zero-order valence-corrected chi connectivity index (χ0v) is 16.2. The molecule has 0 saturated carbocycles. The highest BCUT2D eigenvalue weighted by Gasteiger charge is 2.43. The molecule has 0 radical (unpaired) electrons. The van der Waals surface area contributed by atoms with Crippen LogP contribution in [0.25, 0.3) is 0 Å². The van der Waals surface area contributed by atoms with Crippen molar-refractivity contribution in [1.82, 2.24) is 9.80 Å². The minimum absolute atomic E-state index is 0.0171. The fraction of sp³-hybridized carbons (Fsp3) is 0.500. The molecule has 0 aromatic heterocycles. The first-order chi connectivity index (χ1) is 14.4. The van der Waals surface area contributed by atoms with Crippen molar-refractivity contribution in [3.05, 3.63) is 35.1 Å². The summed E-state index contributed by atoms with van der Waals surface area (Å²) in [6, 6.07) is 3.02. The van der Waals surface area contributed by atoms with Gasteiger partial charge in [0.25, 0.3) is 11.8 Å². The molecule has 1 unspecified atom stereocenters. The molecule has 3 aliphatic heterocycles. The molecule has 30 heavy (non-hydrogen) atoms. The Morgan fingerprint density at radius 2 is 1.93 bits per heavy atom. The van der Waals surface area contributed by atoms with E-state index in [1.165, 1.54) is 17.0 Å². The molecule has 0 spiro atoms. The van der Waals surface area contributed by atoms with Crippen LogP contribution in [0.1, 0.15) is 41.6 Å². The first kappa shape index (κ1) is 20.3. The van der Waals surface area contributed by atoms with Gasteiger partial charge in [-0.05, 0) is 24.1 Å². The van der Waals surface area contributed by atoms with Crippen LogP contribution >= 0.6 is 0 Å². The fourth-order valence-electron chi connectivity index (χ4n) is 3.87. The number of benzene rings is 1. The highest BCUT2D eigenvalue weighted by atomic mass is 19.1. The predicted octanol–water partition coefficient (Wildman–Crippen LogP) is 1.59. The van der Waals surface area contributed by atoms with Crippen LogP contribution in [-0.2, 0) is 30.3 Å². The number of rotatable bonds is 4. The number of nitrogens with zero attached hydrogens (tertiary/aromatic N) is 2. The normalized spacial score (nSPS) is 22.3. The van der Waals surface area contributed by atoms with Gasteiger partial charge in [0.2, 0.25) is 5.91 Å². The number of imide groups is 1. The fourth-order valence-corrected chi connectivity index (χ4v) is 3.87. The highest BCUT2D eigenvalue weighted by Crippen LogP contribution is 2.29. The van der Waals surface area contributed by atoms with Crippen LogP contribution in [0.15, 0.2) is 18.2 Å². The average Bonchev–Trinajstić information content (AvgIpc) is 3.04. The van der Waals surface area contributed by atoms with Gasteiger partial charge >= 0.3 is 6.16 Å². The van der Waals surface area contributed by atoms with Crippen LogP contribution < -0.4 is 0 Å². The van der Waals surface area contributed by atoms with E-state index >= 15 is 0 Å². The Morgan fingerprint density at radius 3 is 2.70 bits per heavy atom. The zero-order chi connectivity index (χ0) is 21.3. The molecule has 0 bridgehead atoms. The molecule has 3 heterocycles. The maximum Gasteiger partial charge on any atom is 0.510 e. The minimum atomic E-state index is -0.968. The van der Waals surface area contributed by atoms with E-state index in [1.807, 2.05) is 0 Å². The molecule has 160 valence electrons. The molecule has 1 aromatic rings. The van der Waals surface area contributed by atoms with E-state index in [0.717, 1.165) is 11.0 Å². The third kappa shape index (κ3) is 4.00. The molecule has 2 fully saturated rings. The molecule has 1 atom stereocenters. The molecule has 1 aromatic carbocycles. The van der Waals surface area contributed by atoms with Gasteiger partial charge in [0.05, 0.1) is 13.2 Å². The first-order valence-corrected chi connectivity index (χ1v) is 9.79. The van der Waals surface area contributed by atoms with E-state index in [4.69, 9.17) is 14.2 Å². The Bertz CT molecular complexity index is 884. The van der Waals surface area contributed by atoms with E-state index in [0.29, 0.717) is 31.6 Å². The number of carbonyl (C=O) groups is 4. The quantitative estimate of drug-likeness (QED) is 0.538. The zero-order valence-electron chi connectivity index (χ0n) is 16.2. The van der Waals surface area contributed by atoms with Crippen LogP contribution in [0.5, 0.6) is 0 Å². The number of carbonyl (C=O) groups excluding carboxylic acids is 4. The van der Waals surface area contributed by atoms with E-state index in [2.05, 4.69) is 0 Å². The summed E-state index contributed by atoms with van der Waals surface area (Å²) in [7, 11) is 0. The van der Waals surface area contributed by atoms with Crippen LogP contribution in [0.3, 0.4) is 0 Å². The van der Waals surface area contributed by atoms with Gasteiger partial charge in [-0.3, -0.25) is 14.4 Å². The SMILES string of the molecule is O=C(OCN1C(=O)CCC(N2Cc3ccc(F)cc3C2=O)C1=O)OC1CCOCC1. The molecule has 0 aliphatic carbocycles. The van der Waals surface area contributed by atoms with Crippen LogP contribution in [-0.4, -0.2) is 65.8 Å². The monoisotopic (exact) mass is 420 g/mol. The Kier molecular flexibility index (Phi) is 5.67. The molecule has 9 nitrogen and oxygen atoms in total. The van der Waals surface area contributed by atoms with Crippen molar-refractivity contribution in [3.63, 3.8) is 0 Å². The molecule has 10 heteroatoms. The summed E-state index contributed by atoms with van der Waals surface area (Å²) in [4.78, 5) is 51.8. The number of hydrogen-bond acceptors (Lipinski definition) is 7. The summed E-state index contributed by atoms with van der Waals surface area (Å²) in [5.41, 5.74) is 0.830. The van der Waals surface area contributed by atoms with Crippen LogP contribution in [0.2, 0.25) is 0 Å². The molecule has 2 saturated heterocycles. The summed E-state index contributed by atoms with van der Waals surface area (Å²) in [5.74, 6) is -2.12. The van der Waals surface area contributed by atoms with Gasteiger partial charge in [0.1, 0.15) is 18.0 Å². The van der Waals surface area contributed by atoms with Crippen molar-refractivity contribution >= 4 is 23.9 Å². The standard InChI is InChI=1S/C20H21FN2O7/c21-13-2-1-12-10-22(18(25)15(12)9-13)16-3-4-17(24)23(19(16)26)11-29-20(27)30-14-5-7-28-8-6-14/h1-2,9,14,16H,3-8,10-11H2. The summed E-state index contributed by atoms with van der Waals surface area (Å²) in [6.45, 7) is 0.539. The summed E-state index contributed by atoms with van der Waals surface area (Å²) in [5, 5.41) is 0. The van der Waals surface area contributed by atoms with Crippen molar-refractivity contribution in [2.45, 2.75) is 44.4 Å². The first-order valence-electron chi connectivity index (χ1n) is 9.79. The van der Waals surface area contributed by atoms with Crippen molar-refractivity contribution < 1.29 is 37.8 Å². The number of hydrogen-bond donors (Lipinski definition) is 0. The Balaban J connectivity index is 1.38. The van der Waals surface area contributed by atoms with E-state index in [-0.39, 0.29) is 31.1 Å². The van der Waals surface area contributed by atoms with E-state index in [9.17, 15) is 23.6 Å². The largest absolute Gasteiger partial charge is 0.510 e. The van der Waals surface area contributed by atoms with Gasteiger partial charge in [-0.25, -0.2) is 14.1 Å². The molecule has 4 rings (SSSR count). The number of amides is 3. The van der Waals surface area contributed by atoms with Crippen molar-refractivity contribution in [2.24, 2.45) is 0 Å². The van der Waals surface area contributed by atoms with Gasteiger partial charge in [-0.1, -0.05) is 6.07 Å². The minimum Gasteiger partial charge on any atom is -0.431 e. The number of ether oxygens (including phenoxy) is 3. The van der Waals surface area contributed by atoms with E-state index < -0.39 is 42.5 Å². The Labute approximate surface area is 171 Å². The van der Waals surface area contributed by atoms with Crippen LogP contribution in [0.4, 0.5) is 9.18 Å². The number of likely N-dealkylation sites (tertiary alicyclic amines) is 1. The topological polar surface area (TPSA) is 102 Å². The Morgan fingerprint density at radius 1 is 1.17 bits per heavy atom. The van der Waals surface area contributed by atoms with Crippen LogP contribution in [0, 0.1) is 5.82 Å². The number of piperidine rings is 1. The van der Waals surface area contributed by atoms with Crippen molar-refractivity contribution in [2.75, 3.05) is 19.9 Å². The van der Waals surface area contributed by atoms with Gasteiger partial charge in [0.15, 0.2) is 6.73 Å².